The van der Waals surface area contributed by atoms with Crippen LogP contribution in [-0.4, -0.2) is 37.9 Å². The van der Waals surface area contributed by atoms with Crippen LogP contribution in [0.5, 0.6) is 5.75 Å². The number of rotatable bonds is 9. The average Bonchev–Trinajstić information content (AvgIpc) is 2.82. The second kappa shape index (κ2) is 10.2. The van der Waals surface area contributed by atoms with Gasteiger partial charge < -0.3 is 10.1 Å². The van der Waals surface area contributed by atoms with E-state index in [-0.39, 0.29) is 10.8 Å². The fraction of sp³-hybridized carbons (Fsp3) is 0.182. The van der Waals surface area contributed by atoms with Crippen LogP contribution in [0.3, 0.4) is 0 Å². The van der Waals surface area contributed by atoms with Gasteiger partial charge in [0.25, 0.3) is 15.9 Å². The Bertz CT molecular complexity index is 1100. The summed E-state index contributed by atoms with van der Waals surface area (Å²) >= 11 is 0. The van der Waals surface area contributed by atoms with Crippen LogP contribution in [0, 0.1) is 0 Å². The molecule has 1 amide bonds. The summed E-state index contributed by atoms with van der Waals surface area (Å²) in [6, 6.07) is 16.9. The molecule has 162 valence electrons. The zero-order chi connectivity index (χ0) is 22.3. The van der Waals surface area contributed by atoms with Gasteiger partial charge in [0.1, 0.15) is 12.4 Å². The molecule has 8 nitrogen and oxygen atoms in total. The number of pyridine rings is 1. The van der Waals surface area contributed by atoms with Gasteiger partial charge >= 0.3 is 0 Å². The Hall–Kier alpha value is -3.27. The van der Waals surface area contributed by atoms with E-state index < -0.39 is 10.0 Å². The lowest BCUT2D eigenvalue weighted by Gasteiger charge is -2.14. The highest BCUT2D eigenvalue weighted by atomic mass is 32.2. The van der Waals surface area contributed by atoms with Gasteiger partial charge in [-0.1, -0.05) is 22.7 Å². The first-order valence-corrected chi connectivity index (χ1v) is 10.9. The SMILES string of the molecule is CON(C)S(=O)(=O)c1ccc(C(=O)NCc2ccc(OCc3cccnc3)cc2)cc1. The van der Waals surface area contributed by atoms with Crippen molar-refractivity contribution < 1.29 is 22.8 Å². The lowest BCUT2D eigenvalue weighted by Crippen LogP contribution is -2.26. The third-order valence-electron chi connectivity index (χ3n) is 4.51. The van der Waals surface area contributed by atoms with E-state index in [1.807, 2.05) is 36.4 Å². The van der Waals surface area contributed by atoms with Gasteiger partial charge in [0.05, 0.1) is 12.0 Å². The number of hydrogen-bond acceptors (Lipinski definition) is 6. The maximum atomic E-state index is 12.4. The first kappa shape index (κ1) is 22.4. The van der Waals surface area contributed by atoms with Crippen LogP contribution in [0.1, 0.15) is 21.5 Å². The summed E-state index contributed by atoms with van der Waals surface area (Å²) in [5, 5.41) is 2.81. The van der Waals surface area contributed by atoms with Crippen LogP contribution in [-0.2, 0) is 28.0 Å². The van der Waals surface area contributed by atoms with Crippen LogP contribution in [0.2, 0.25) is 0 Å². The fourth-order valence-electron chi connectivity index (χ4n) is 2.66. The van der Waals surface area contributed by atoms with Crippen molar-refractivity contribution in [2.45, 2.75) is 18.0 Å². The van der Waals surface area contributed by atoms with E-state index in [2.05, 4.69) is 10.3 Å². The minimum absolute atomic E-state index is 0.0373. The Morgan fingerprint density at radius 2 is 1.74 bits per heavy atom. The summed E-state index contributed by atoms with van der Waals surface area (Å²) in [6.45, 7) is 0.754. The molecule has 0 saturated carbocycles. The van der Waals surface area contributed by atoms with Gasteiger partial charge in [-0.3, -0.25) is 14.6 Å². The maximum absolute atomic E-state index is 12.4. The highest BCUT2D eigenvalue weighted by Gasteiger charge is 2.20. The molecule has 0 atom stereocenters. The first-order chi connectivity index (χ1) is 14.9. The molecule has 0 radical (unpaired) electrons. The molecule has 0 fully saturated rings. The van der Waals surface area contributed by atoms with Crippen LogP contribution < -0.4 is 10.1 Å². The minimum atomic E-state index is -3.75. The normalized spacial score (nSPS) is 11.3. The summed E-state index contributed by atoms with van der Waals surface area (Å²) in [6.07, 6.45) is 3.46. The molecule has 0 bridgehead atoms. The van der Waals surface area contributed by atoms with Crippen molar-refractivity contribution in [3.63, 3.8) is 0 Å². The average molecular weight is 442 g/mol. The Kier molecular flexibility index (Phi) is 7.35. The minimum Gasteiger partial charge on any atom is -0.489 e. The number of amides is 1. The van der Waals surface area contributed by atoms with Gasteiger partial charge in [-0.15, -0.1) is 0 Å². The summed E-state index contributed by atoms with van der Waals surface area (Å²) in [5.74, 6) is 0.415. The molecule has 0 spiro atoms. The van der Waals surface area contributed by atoms with Crippen molar-refractivity contribution in [2.24, 2.45) is 0 Å². The van der Waals surface area contributed by atoms with Gasteiger partial charge in [-0.05, 0) is 48.0 Å². The summed E-state index contributed by atoms with van der Waals surface area (Å²) < 4.78 is 30.9. The molecule has 0 aliphatic carbocycles. The highest BCUT2D eigenvalue weighted by Crippen LogP contribution is 2.16. The number of nitrogens with one attached hydrogen (secondary N) is 1. The molecule has 9 heteroatoms. The lowest BCUT2D eigenvalue weighted by atomic mass is 10.2. The van der Waals surface area contributed by atoms with Crippen LogP contribution in [0.4, 0.5) is 0 Å². The highest BCUT2D eigenvalue weighted by molar-refractivity contribution is 7.89. The summed E-state index contributed by atoms with van der Waals surface area (Å²) in [5.41, 5.74) is 2.24. The van der Waals surface area contributed by atoms with Crippen molar-refractivity contribution in [3.05, 3.63) is 89.7 Å². The van der Waals surface area contributed by atoms with Crippen LogP contribution in [0.15, 0.2) is 78.0 Å². The zero-order valence-electron chi connectivity index (χ0n) is 17.2. The number of hydroxylamine groups is 1. The largest absolute Gasteiger partial charge is 0.489 e. The number of benzene rings is 2. The molecule has 1 N–H and O–H groups in total. The molecule has 31 heavy (non-hydrogen) atoms. The topological polar surface area (TPSA) is 97.8 Å². The second-order valence-electron chi connectivity index (χ2n) is 6.60. The van der Waals surface area contributed by atoms with Crippen molar-refractivity contribution >= 4 is 15.9 Å². The number of ether oxygens (including phenoxy) is 1. The van der Waals surface area contributed by atoms with E-state index in [1.54, 1.807) is 12.4 Å². The Labute approximate surface area is 181 Å². The van der Waals surface area contributed by atoms with E-state index in [0.29, 0.717) is 18.7 Å². The smallest absolute Gasteiger partial charge is 0.264 e. The Morgan fingerprint density at radius 1 is 1.03 bits per heavy atom. The van der Waals surface area contributed by atoms with Gasteiger partial charge in [0, 0.05) is 37.1 Å². The predicted octanol–water partition coefficient (Wildman–Crippen LogP) is 2.77. The van der Waals surface area contributed by atoms with Crippen LogP contribution >= 0.6 is 0 Å². The van der Waals surface area contributed by atoms with E-state index in [1.165, 1.54) is 38.4 Å². The number of nitrogens with zero attached hydrogens (tertiary/aromatic N) is 2. The monoisotopic (exact) mass is 441 g/mol. The standard InChI is InChI=1S/C22H23N3O5S/c1-25(29-2)31(27,28)21-11-7-19(8-12-21)22(26)24-15-17-5-9-20(10-6-17)30-16-18-4-3-13-23-14-18/h3-14H,15-16H2,1-2H3,(H,24,26). The van der Waals surface area contributed by atoms with E-state index in [9.17, 15) is 13.2 Å². The van der Waals surface area contributed by atoms with Crippen LogP contribution in [0.25, 0.3) is 0 Å². The molecule has 0 aliphatic rings. The maximum Gasteiger partial charge on any atom is 0.264 e. The van der Waals surface area contributed by atoms with Crippen molar-refractivity contribution in [1.29, 1.82) is 0 Å². The third kappa shape index (κ3) is 5.88. The molecule has 1 heterocycles. The molecule has 2 aromatic carbocycles. The molecular formula is C22H23N3O5S. The van der Waals surface area contributed by atoms with Gasteiger partial charge in [-0.25, -0.2) is 8.42 Å². The second-order valence-corrected chi connectivity index (χ2v) is 8.53. The first-order valence-electron chi connectivity index (χ1n) is 9.42. The molecule has 3 aromatic rings. The van der Waals surface area contributed by atoms with Crippen molar-refractivity contribution in [1.82, 2.24) is 14.8 Å². The van der Waals surface area contributed by atoms with Gasteiger partial charge in [0.15, 0.2) is 0 Å². The Morgan fingerprint density at radius 3 is 2.35 bits per heavy atom. The predicted molar refractivity (Wildman–Crippen MR) is 115 cm³/mol. The number of carbonyl (C=O) groups is 1. The number of aromatic nitrogens is 1. The van der Waals surface area contributed by atoms with Crippen molar-refractivity contribution in [2.75, 3.05) is 14.2 Å². The molecular weight excluding hydrogens is 418 g/mol. The molecule has 1 aromatic heterocycles. The third-order valence-corrected chi connectivity index (χ3v) is 6.21. The number of sulfonamides is 1. The summed E-state index contributed by atoms with van der Waals surface area (Å²) in [7, 11) is -1.19. The fourth-order valence-corrected chi connectivity index (χ4v) is 3.64. The lowest BCUT2D eigenvalue weighted by molar-refractivity contribution is -0.0258. The molecule has 0 saturated heterocycles. The van der Waals surface area contributed by atoms with Crippen molar-refractivity contribution in [3.8, 4) is 5.75 Å². The van der Waals surface area contributed by atoms with Gasteiger partial charge in [-0.2, -0.15) is 0 Å². The van der Waals surface area contributed by atoms with E-state index in [4.69, 9.17) is 9.57 Å². The number of hydrogen-bond donors (Lipinski definition) is 1. The van der Waals surface area contributed by atoms with E-state index in [0.717, 1.165) is 21.3 Å². The number of carbonyl (C=O) groups excluding carboxylic acids is 1. The Balaban J connectivity index is 1.53. The van der Waals surface area contributed by atoms with Gasteiger partial charge in [0.2, 0.25) is 0 Å². The zero-order valence-corrected chi connectivity index (χ0v) is 18.0. The quantitative estimate of drug-likeness (QED) is 0.513. The van der Waals surface area contributed by atoms with E-state index >= 15 is 0 Å². The summed E-state index contributed by atoms with van der Waals surface area (Å²) in [4.78, 5) is 21.2. The molecule has 0 aliphatic heterocycles. The molecule has 3 rings (SSSR count). The molecule has 0 unspecified atom stereocenters.